The molecule has 0 bridgehead atoms. The molecule has 1 aliphatic carbocycles. The van der Waals surface area contributed by atoms with Gasteiger partial charge in [0.05, 0.1) is 13.4 Å². The highest BCUT2D eigenvalue weighted by Gasteiger charge is 2.06. The smallest absolute Gasteiger partial charge is 0.118 e. The van der Waals surface area contributed by atoms with Gasteiger partial charge in [0.15, 0.2) is 0 Å². The SMILES string of the molecule is CC1CCCCC1.CCCC.COc1ccc(C)cc1.Cc1ccc(C)cc1.Cc1ccccc1.Cc1ccco1.Cc1cccs1. The van der Waals surface area contributed by atoms with Crippen molar-refractivity contribution in [2.24, 2.45) is 5.92 Å². The molecule has 2 aromatic heterocycles. The highest BCUT2D eigenvalue weighted by atomic mass is 32.1. The molecule has 0 saturated heterocycles. The number of hydrogen-bond donors (Lipinski definition) is 0. The van der Waals surface area contributed by atoms with Gasteiger partial charge in [-0.05, 0) is 83.2 Å². The van der Waals surface area contributed by atoms with Crippen LogP contribution in [-0.4, -0.2) is 7.11 Å². The highest BCUT2D eigenvalue weighted by Crippen LogP contribution is 2.22. The van der Waals surface area contributed by atoms with Crippen molar-refractivity contribution in [3.8, 4) is 5.75 Å². The Morgan fingerprint density at radius 2 is 1.09 bits per heavy atom. The van der Waals surface area contributed by atoms with Crippen LogP contribution in [0.3, 0.4) is 0 Å². The van der Waals surface area contributed by atoms with Crippen molar-refractivity contribution in [3.63, 3.8) is 0 Å². The summed E-state index contributed by atoms with van der Waals surface area (Å²) in [6.07, 6.45) is 11.7. The van der Waals surface area contributed by atoms with Crippen LogP contribution in [0.1, 0.15) is 98.6 Å². The fourth-order valence-electron chi connectivity index (χ4n) is 3.87. The Morgan fingerprint density at radius 1 is 0.596 bits per heavy atom. The van der Waals surface area contributed by atoms with Crippen LogP contribution in [0.25, 0.3) is 0 Å². The fourth-order valence-corrected chi connectivity index (χ4v) is 4.40. The minimum Gasteiger partial charge on any atom is -0.497 e. The van der Waals surface area contributed by atoms with E-state index in [4.69, 9.17) is 9.15 Å². The van der Waals surface area contributed by atoms with Crippen molar-refractivity contribution in [1.82, 2.24) is 0 Å². The molecular formula is C44H64O2S. The molecule has 1 aliphatic rings. The molecule has 47 heavy (non-hydrogen) atoms. The maximum absolute atomic E-state index is 4.97. The van der Waals surface area contributed by atoms with Gasteiger partial charge in [-0.15, -0.1) is 11.3 Å². The number of aryl methyl sites for hydroxylation is 6. The van der Waals surface area contributed by atoms with E-state index in [-0.39, 0.29) is 0 Å². The molecule has 3 heteroatoms. The van der Waals surface area contributed by atoms with Gasteiger partial charge in [-0.2, -0.15) is 0 Å². The summed E-state index contributed by atoms with van der Waals surface area (Å²) in [5, 5.41) is 2.08. The molecule has 258 valence electrons. The number of furan rings is 1. The van der Waals surface area contributed by atoms with Gasteiger partial charge in [0, 0.05) is 4.88 Å². The number of unbranched alkanes of at least 4 members (excludes halogenated alkanes) is 1. The first-order chi connectivity index (χ1) is 22.6. The highest BCUT2D eigenvalue weighted by molar-refractivity contribution is 7.09. The van der Waals surface area contributed by atoms with Crippen molar-refractivity contribution in [2.75, 3.05) is 7.11 Å². The first kappa shape index (κ1) is 43.4. The monoisotopic (exact) mass is 656 g/mol. The van der Waals surface area contributed by atoms with Crippen molar-refractivity contribution in [2.45, 2.75) is 107 Å². The number of benzene rings is 3. The van der Waals surface area contributed by atoms with Crippen molar-refractivity contribution in [3.05, 3.63) is 148 Å². The average Bonchev–Trinajstić information content (AvgIpc) is 3.78. The molecule has 0 aliphatic heterocycles. The lowest BCUT2D eigenvalue weighted by molar-refractivity contribution is 0.385. The lowest BCUT2D eigenvalue weighted by Gasteiger charge is -2.15. The van der Waals surface area contributed by atoms with E-state index >= 15 is 0 Å². The summed E-state index contributed by atoms with van der Waals surface area (Å²) in [5.74, 6) is 2.92. The third kappa shape index (κ3) is 28.4. The van der Waals surface area contributed by atoms with Crippen LogP contribution in [0, 0.1) is 47.5 Å². The van der Waals surface area contributed by atoms with Gasteiger partial charge in [-0.3, -0.25) is 0 Å². The van der Waals surface area contributed by atoms with E-state index in [1.54, 1.807) is 24.7 Å². The zero-order valence-electron chi connectivity index (χ0n) is 31.2. The zero-order chi connectivity index (χ0) is 35.1. The summed E-state index contributed by atoms with van der Waals surface area (Å²) in [5.41, 5.74) is 5.24. The van der Waals surface area contributed by atoms with E-state index in [9.17, 15) is 0 Å². The standard InChI is InChI=1S/C8H10O.C8H10.C7H14.C7H8.C5H6O.C5H6S.C4H10/c1-7-3-5-8(9-2)6-4-7;1-7-3-5-8(2)6-4-7;2*1-7-5-3-2-4-6-7;2*1-5-3-2-4-6-5;1-3-4-2/h3-6H,1-2H3;3-6H,1-2H3;7H,2-6H2,1H3;2-6H,1H3;2*2-4H,1H3;3-4H2,1-2H3. The molecule has 0 radical (unpaired) electrons. The van der Waals surface area contributed by atoms with E-state index < -0.39 is 0 Å². The van der Waals surface area contributed by atoms with Crippen molar-refractivity contribution in [1.29, 1.82) is 0 Å². The van der Waals surface area contributed by atoms with Crippen LogP contribution < -0.4 is 4.74 Å². The Balaban J connectivity index is 0.000000531. The van der Waals surface area contributed by atoms with Gasteiger partial charge >= 0.3 is 0 Å². The molecule has 3 aromatic carbocycles. The van der Waals surface area contributed by atoms with Gasteiger partial charge < -0.3 is 9.15 Å². The van der Waals surface area contributed by atoms with Crippen molar-refractivity contribution >= 4 is 11.3 Å². The normalized spacial score (nSPS) is 11.3. The number of rotatable bonds is 2. The van der Waals surface area contributed by atoms with Crippen molar-refractivity contribution < 1.29 is 9.15 Å². The molecule has 0 unspecified atom stereocenters. The van der Waals surface area contributed by atoms with E-state index in [2.05, 4.69) is 109 Å². The molecule has 2 heterocycles. The summed E-state index contributed by atoms with van der Waals surface area (Å²) in [7, 11) is 1.67. The molecule has 1 saturated carbocycles. The summed E-state index contributed by atoms with van der Waals surface area (Å²) >= 11 is 1.78. The molecule has 0 spiro atoms. The van der Waals surface area contributed by atoms with E-state index in [0.29, 0.717) is 0 Å². The minimum absolute atomic E-state index is 0.917. The van der Waals surface area contributed by atoms with Crippen LogP contribution in [0.4, 0.5) is 0 Å². The Labute approximate surface area is 293 Å². The summed E-state index contributed by atoms with van der Waals surface area (Å²) in [6, 6.07) is 34.6. The van der Waals surface area contributed by atoms with Gasteiger partial charge in [0.1, 0.15) is 11.5 Å². The van der Waals surface area contributed by atoms with Gasteiger partial charge in [-0.1, -0.05) is 161 Å². The molecule has 6 rings (SSSR count). The van der Waals surface area contributed by atoms with Crippen LogP contribution in [-0.2, 0) is 0 Å². The average molecular weight is 657 g/mol. The molecule has 2 nitrogen and oxygen atoms in total. The second kappa shape index (κ2) is 29.8. The van der Waals surface area contributed by atoms with Gasteiger partial charge in [0.25, 0.3) is 0 Å². The molecule has 0 N–H and O–H groups in total. The second-order valence-corrected chi connectivity index (χ2v) is 13.2. The predicted molar refractivity (Wildman–Crippen MR) is 210 cm³/mol. The van der Waals surface area contributed by atoms with Crippen LogP contribution >= 0.6 is 11.3 Å². The third-order valence-corrected chi connectivity index (χ3v) is 7.94. The van der Waals surface area contributed by atoms with Crippen LogP contribution in [0.15, 0.2) is 119 Å². The molecular weight excluding hydrogens is 593 g/mol. The van der Waals surface area contributed by atoms with Crippen LogP contribution in [0.2, 0.25) is 0 Å². The first-order valence-corrected chi connectivity index (χ1v) is 18.1. The summed E-state index contributed by atoms with van der Waals surface area (Å²) < 4.78 is 9.80. The molecule has 5 aromatic rings. The van der Waals surface area contributed by atoms with E-state index in [1.165, 1.54) is 72.1 Å². The number of thiophene rings is 1. The largest absolute Gasteiger partial charge is 0.497 e. The number of ether oxygens (including phenoxy) is 1. The molecule has 1 fully saturated rings. The number of hydrogen-bond acceptors (Lipinski definition) is 3. The maximum Gasteiger partial charge on any atom is 0.118 e. The molecule has 0 amide bonds. The fraction of sp³-hybridized carbons (Fsp3) is 0.409. The third-order valence-electron chi connectivity index (χ3n) is 7.14. The van der Waals surface area contributed by atoms with Gasteiger partial charge in [0.2, 0.25) is 0 Å². The quantitative estimate of drug-likeness (QED) is 0.189. The minimum atomic E-state index is 0.917. The van der Waals surface area contributed by atoms with E-state index in [1.807, 2.05) is 61.5 Å². The summed E-state index contributed by atoms with van der Waals surface area (Å²) in [6.45, 7) is 19.1. The van der Waals surface area contributed by atoms with Gasteiger partial charge in [-0.25, -0.2) is 0 Å². The lowest BCUT2D eigenvalue weighted by Crippen LogP contribution is -1.99. The second-order valence-electron chi connectivity index (χ2n) is 12.0. The first-order valence-electron chi connectivity index (χ1n) is 17.3. The lowest BCUT2D eigenvalue weighted by atomic mass is 9.91. The van der Waals surface area contributed by atoms with E-state index in [0.717, 1.165) is 17.4 Å². The Morgan fingerprint density at radius 3 is 1.32 bits per heavy atom. The van der Waals surface area contributed by atoms with Crippen LogP contribution in [0.5, 0.6) is 5.75 Å². The molecule has 0 atom stereocenters. The maximum atomic E-state index is 4.97. The predicted octanol–water partition coefficient (Wildman–Crippen LogP) is 14.3. The summed E-state index contributed by atoms with van der Waals surface area (Å²) in [4.78, 5) is 1.38. The Hall–Kier alpha value is -3.56. The Bertz CT molecular complexity index is 1230. The Kier molecular flexibility index (Phi) is 27.6. The zero-order valence-corrected chi connectivity index (χ0v) is 32.0. The number of methoxy groups -OCH3 is 1. The topological polar surface area (TPSA) is 22.4 Å².